The highest BCUT2D eigenvalue weighted by Gasteiger charge is 1.92. The van der Waals surface area contributed by atoms with Crippen LogP contribution in [-0.4, -0.2) is 12.6 Å². The molecular formula is C11H15BrO2. The number of esters is 1. The Morgan fingerprint density at radius 2 is 1.93 bits per heavy atom. The molecule has 0 aliphatic heterocycles. The number of rotatable bonds is 4. The molecular weight excluding hydrogens is 244 g/mol. The van der Waals surface area contributed by atoms with Crippen LogP contribution in [0.15, 0.2) is 34.4 Å². The quantitative estimate of drug-likeness (QED) is 0.439. The van der Waals surface area contributed by atoms with Gasteiger partial charge in [0.05, 0.1) is 6.61 Å². The van der Waals surface area contributed by atoms with E-state index in [2.05, 4.69) is 15.9 Å². The van der Waals surface area contributed by atoms with Crippen molar-refractivity contribution >= 4 is 21.9 Å². The van der Waals surface area contributed by atoms with Crippen LogP contribution in [0.2, 0.25) is 0 Å². The van der Waals surface area contributed by atoms with Crippen molar-refractivity contribution in [1.29, 1.82) is 0 Å². The fourth-order valence-corrected chi connectivity index (χ4v) is 0.961. The molecule has 0 aromatic heterocycles. The van der Waals surface area contributed by atoms with Crippen LogP contribution in [0.1, 0.15) is 20.8 Å². The lowest BCUT2D eigenvalue weighted by Crippen LogP contribution is -1.98. The van der Waals surface area contributed by atoms with Crippen LogP contribution in [0.3, 0.4) is 0 Å². The van der Waals surface area contributed by atoms with E-state index < -0.39 is 0 Å². The van der Waals surface area contributed by atoms with Crippen LogP contribution in [0.4, 0.5) is 0 Å². The first kappa shape index (κ1) is 13.2. The predicted molar refractivity (Wildman–Crippen MR) is 62.2 cm³/mol. The number of hydrogen-bond donors (Lipinski definition) is 0. The molecule has 0 aromatic rings. The third kappa shape index (κ3) is 6.66. The first-order chi connectivity index (χ1) is 6.60. The average molecular weight is 259 g/mol. The number of carbonyl (C=O) groups excluding carboxylic acids is 1. The fraction of sp³-hybridized carbons (Fsp3) is 0.364. The van der Waals surface area contributed by atoms with Crippen LogP contribution < -0.4 is 0 Å². The first-order valence-electron chi connectivity index (χ1n) is 4.40. The molecule has 0 aliphatic rings. The third-order valence-corrected chi connectivity index (χ3v) is 2.12. The lowest BCUT2D eigenvalue weighted by atomic mass is 10.2. The van der Waals surface area contributed by atoms with E-state index in [9.17, 15) is 4.79 Å². The highest BCUT2D eigenvalue weighted by molar-refractivity contribution is 9.11. The van der Waals surface area contributed by atoms with Gasteiger partial charge in [0.2, 0.25) is 0 Å². The standard InChI is InChI=1S/C11H15BrO2/c1-4-14-11(13)6-5-9(2)7-10(3)8-12/h5-8H,4H2,1-3H3/b6-5+,9-7+,10-8+. The maximum atomic E-state index is 10.9. The van der Waals surface area contributed by atoms with Gasteiger partial charge in [-0.3, -0.25) is 0 Å². The maximum Gasteiger partial charge on any atom is 0.330 e. The molecule has 0 N–H and O–H groups in total. The largest absolute Gasteiger partial charge is 0.463 e. The van der Waals surface area contributed by atoms with Crippen molar-refractivity contribution in [2.24, 2.45) is 0 Å². The van der Waals surface area contributed by atoms with Crippen molar-refractivity contribution in [3.8, 4) is 0 Å². The van der Waals surface area contributed by atoms with E-state index in [0.29, 0.717) is 6.61 Å². The minimum Gasteiger partial charge on any atom is -0.463 e. The van der Waals surface area contributed by atoms with Crippen molar-refractivity contribution in [2.75, 3.05) is 6.61 Å². The second-order valence-electron chi connectivity index (χ2n) is 2.83. The Bertz CT molecular complexity index is 275. The maximum absolute atomic E-state index is 10.9. The summed E-state index contributed by atoms with van der Waals surface area (Å²) >= 11 is 3.23. The van der Waals surface area contributed by atoms with Crippen LogP contribution >= 0.6 is 15.9 Å². The van der Waals surface area contributed by atoms with E-state index in [1.165, 1.54) is 6.08 Å². The summed E-state index contributed by atoms with van der Waals surface area (Å²) in [6, 6.07) is 0. The summed E-state index contributed by atoms with van der Waals surface area (Å²) in [6.07, 6.45) is 5.12. The van der Waals surface area contributed by atoms with E-state index in [4.69, 9.17) is 4.74 Å². The monoisotopic (exact) mass is 258 g/mol. The van der Waals surface area contributed by atoms with Crippen LogP contribution in [0, 0.1) is 0 Å². The predicted octanol–water partition coefficient (Wildman–Crippen LogP) is 3.35. The van der Waals surface area contributed by atoms with Crippen molar-refractivity contribution in [1.82, 2.24) is 0 Å². The molecule has 2 nitrogen and oxygen atoms in total. The van der Waals surface area contributed by atoms with Crippen molar-refractivity contribution in [2.45, 2.75) is 20.8 Å². The molecule has 0 saturated heterocycles. The van der Waals surface area contributed by atoms with Gasteiger partial charge in [0, 0.05) is 6.08 Å². The molecule has 0 atom stereocenters. The van der Waals surface area contributed by atoms with Gasteiger partial charge in [-0.2, -0.15) is 0 Å². The molecule has 0 radical (unpaired) electrons. The normalized spacial score (nSPS) is 13.4. The van der Waals surface area contributed by atoms with Gasteiger partial charge in [0.25, 0.3) is 0 Å². The first-order valence-corrected chi connectivity index (χ1v) is 5.31. The summed E-state index contributed by atoms with van der Waals surface area (Å²) in [6.45, 7) is 6.09. The Morgan fingerprint density at radius 3 is 2.43 bits per heavy atom. The molecule has 0 saturated carbocycles. The Kier molecular flexibility index (Phi) is 7.11. The van der Waals surface area contributed by atoms with Gasteiger partial charge < -0.3 is 4.74 Å². The molecule has 78 valence electrons. The molecule has 0 aromatic carbocycles. The highest BCUT2D eigenvalue weighted by Crippen LogP contribution is 2.05. The minimum absolute atomic E-state index is 0.305. The third-order valence-electron chi connectivity index (χ3n) is 1.40. The summed E-state index contributed by atoms with van der Waals surface area (Å²) in [5, 5.41) is 0. The van der Waals surface area contributed by atoms with Crippen molar-refractivity contribution < 1.29 is 9.53 Å². The Balaban J connectivity index is 4.24. The van der Waals surface area contributed by atoms with Gasteiger partial charge in [-0.05, 0) is 31.3 Å². The molecule has 0 spiro atoms. The molecule has 0 amide bonds. The zero-order chi connectivity index (χ0) is 11.0. The molecule has 3 heteroatoms. The minimum atomic E-state index is -0.305. The molecule has 14 heavy (non-hydrogen) atoms. The number of carbonyl (C=O) groups is 1. The zero-order valence-corrected chi connectivity index (χ0v) is 10.3. The molecule has 0 heterocycles. The van der Waals surface area contributed by atoms with Crippen LogP contribution in [0.25, 0.3) is 0 Å². The summed E-state index contributed by atoms with van der Waals surface area (Å²) < 4.78 is 4.75. The number of allylic oxidation sites excluding steroid dienone is 4. The number of ether oxygens (including phenoxy) is 1. The second-order valence-corrected chi connectivity index (χ2v) is 3.28. The second kappa shape index (κ2) is 7.56. The van der Waals surface area contributed by atoms with E-state index >= 15 is 0 Å². The summed E-state index contributed by atoms with van der Waals surface area (Å²) in [7, 11) is 0. The Hall–Kier alpha value is -0.830. The Morgan fingerprint density at radius 1 is 1.29 bits per heavy atom. The van der Waals surface area contributed by atoms with Gasteiger partial charge in [-0.25, -0.2) is 4.79 Å². The highest BCUT2D eigenvalue weighted by atomic mass is 79.9. The van der Waals surface area contributed by atoms with Crippen molar-refractivity contribution in [3.63, 3.8) is 0 Å². The smallest absolute Gasteiger partial charge is 0.330 e. The number of halogens is 1. The lowest BCUT2D eigenvalue weighted by molar-refractivity contribution is -0.137. The molecule has 0 rings (SSSR count). The van der Waals surface area contributed by atoms with E-state index in [1.807, 2.05) is 24.9 Å². The lowest BCUT2D eigenvalue weighted by Gasteiger charge is -1.95. The van der Waals surface area contributed by atoms with Gasteiger partial charge in [0.1, 0.15) is 0 Å². The topological polar surface area (TPSA) is 26.3 Å². The molecule has 0 unspecified atom stereocenters. The van der Waals surface area contributed by atoms with Crippen molar-refractivity contribution in [3.05, 3.63) is 34.4 Å². The molecule has 0 fully saturated rings. The van der Waals surface area contributed by atoms with Gasteiger partial charge >= 0.3 is 5.97 Å². The van der Waals surface area contributed by atoms with Crippen LogP contribution in [-0.2, 0) is 9.53 Å². The Labute approximate surface area is 93.5 Å². The zero-order valence-electron chi connectivity index (χ0n) is 8.71. The summed E-state index contributed by atoms with van der Waals surface area (Å²) in [5.74, 6) is -0.305. The summed E-state index contributed by atoms with van der Waals surface area (Å²) in [4.78, 5) is 12.8. The van der Waals surface area contributed by atoms with Gasteiger partial charge in [0.15, 0.2) is 0 Å². The molecule has 0 aliphatic carbocycles. The SMILES string of the molecule is CCOC(=O)/C=C/C(C)=C/C(C)=C/Br. The average Bonchev–Trinajstić information content (AvgIpc) is 2.15. The van der Waals surface area contributed by atoms with Gasteiger partial charge in [-0.15, -0.1) is 0 Å². The van der Waals surface area contributed by atoms with Gasteiger partial charge in [-0.1, -0.05) is 33.7 Å². The fourth-order valence-electron chi connectivity index (χ4n) is 0.829. The molecule has 0 bridgehead atoms. The van der Waals surface area contributed by atoms with E-state index in [1.54, 1.807) is 13.0 Å². The summed E-state index contributed by atoms with van der Waals surface area (Å²) in [5.41, 5.74) is 2.10. The number of hydrogen-bond acceptors (Lipinski definition) is 2. The van der Waals surface area contributed by atoms with E-state index in [-0.39, 0.29) is 5.97 Å². The van der Waals surface area contributed by atoms with Crippen LogP contribution in [0.5, 0.6) is 0 Å². The van der Waals surface area contributed by atoms with E-state index in [0.717, 1.165) is 11.1 Å².